The third-order valence-corrected chi connectivity index (χ3v) is 4.06. The Labute approximate surface area is 135 Å². The lowest BCUT2D eigenvalue weighted by Gasteiger charge is -2.38. The number of halogens is 1. The first-order valence-corrected chi connectivity index (χ1v) is 7.52. The molecule has 1 N–H and O–H groups in total. The van der Waals surface area contributed by atoms with Crippen molar-refractivity contribution in [3.05, 3.63) is 29.3 Å². The number of methoxy groups -OCH3 is 1. The van der Waals surface area contributed by atoms with E-state index in [-0.39, 0.29) is 11.9 Å². The van der Waals surface area contributed by atoms with Gasteiger partial charge in [0.05, 0.1) is 13.2 Å². The van der Waals surface area contributed by atoms with Gasteiger partial charge in [-0.05, 0) is 25.1 Å². The van der Waals surface area contributed by atoms with Crippen molar-refractivity contribution >= 4 is 29.3 Å². The lowest BCUT2D eigenvalue weighted by Crippen LogP contribution is -2.54. The molecule has 1 saturated heterocycles. The summed E-state index contributed by atoms with van der Waals surface area (Å²) in [6.07, 6.45) is -0.727. The van der Waals surface area contributed by atoms with Crippen molar-refractivity contribution in [2.75, 3.05) is 38.2 Å². The van der Waals surface area contributed by atoms with E-state index in [0.29, 0.717) is 5.02 Å². The van der Waals surface area contributed by atoms with Gasteiger partial charge in [-0.25, -0.2) is 4.79 Å². The monoisotopic (exact) mass is 325 g/mol. The predicted octanol–water partition coefficient (Wildman–Crippen LogP) is 1.73. The van der Waals surface area contributed by atoms with Crippen LogP contribution in [0.5, 0.6) is 0 Å². The number of carbonyl (C=O) groups excluding carboxylic acids is 2. The molecule has 0 aliphatic carbocycles. The van der Waals surface area contributed by atoms with Crippen LogP contribution in [0.1, 0.15) is 6.92 Å². The maximum absolute atomic E-state index is 11.9. The molecule has 1 aromatic rings. The van der Waals surface area contributed by atoms with Crippen molar-refractivity contribution in [3.63, 3.8) is 0 Å². The topological polar surface area (TPSA) is 61.9 Å². The van der Waals surface area contributed by atoms with Gasteiger partial charge in [-0.1, -0.05) is 17.7 Å². The number of nitrogens with one attached hydrogen (secondary N) is 1. The number of nitrogens with zero attached hydrogens (tertiary/aromatic N) is 2. The first-order valence-electron chi connectivity index (χ1n) is 7.14. The summed E-state index contributed by atoms with van der Waals surface area (Å²) in [6, 6.07) is 7.36. The minimum Gasteiger partial charge on any atom is -0.453 e. The number of amides is 2. The predicted molar refractivity (Wildman–Crippen MR) is 85.2 cm³/mol. The minimum atomic E-state index is -0.727. The molecular weight excluding hydrogens is 306 g/mol. The van der Waals surface area contributed by atoms with Crippen molar-refractivity contribution in [2.24, 2.45) is 0 Å². The molecule has 0 aromatic heterocycles. The molecule has 1 aromatic carbocycles. The molecule has 1 aliphatic heterocycles. The molecule has 6 nitrogen and oxygen atoms in total. The fraction of sp³-hybridized carbons (Fsp3) is 0.467. The molecule has 1 fully saturated rings. The Hall–Kier alpha value is -1.79. The average molecular weight is 326 g/mol. The number of hydrogen-bond acceptors (Lipinski definition) is 5. The average Bonchev–Trinajstić information content (AvgIpc) is 2.54. The molecule has 0 unspecified atom stereocenters. The summed E-state index contributed by atoms with van der Waals surface area (Å²) < 4.78 is 4.43. The van der Waals surface area contributed by atoms with Gasteiger partial charge < -0.3 is 9.64 Å². The maximum atomic E-state index is 11.9. The van der Waals surface area contributed by atoms with Gasteiger partial charge >= 0.3 is 6.09 Å². The van der Waals surface area contributed by atoms with Crippen LogP contribution in [0.2, 0.25) is 5.02 Å². The summed E-state index contributed by atoms with van der Waals surface area (Å²) in [7, 11) is 1.23. The van der Waals surface area contributed by atoms with Crippen LogP contribution in [0.15, 0.2) is 24.3 Å². The summed E-state index contributed by atoms with van der Waals surface area (Å²) >= 11 is 6.01. The normalized spacial score (nSPS) is 17.0. The van der Waals surface area contributed by atoms with Gasteiger partial charge in [0, 0.05) is 36.9 Å². The van der Waals surface area contributed by atoms with E-state index in [4.69, 9.17) is 11.6 Å². The number of imide groups is 1. The summed E-state index contributed by atoms with van der Waals surface area (Å²) in [4.78, 5) is 27.3. The van der Waals surface area contributed by atoms with E-state index < -0.39 is 6.09 Å². The van der Waals surface area contributed by atoms with Gasteiger partial charge in [-0.15, -0.1) is 0 Å². The van der Waals surface area contributed by atoms with Crippen LogP contribution in [-0.2, 0) is 9.53 Å². The number of carbonyl (C=O) groups is 2. The molecule has 1 atom stereocenters. The Morgan fingerprint density at radius 1 is 1.27 bits per heavy atom. The highest BCUT2D eigenvalue weighted by atomic mass is 35.5. The van der Waals surface area contributed by atoms with Crippen LogP contribution >= 0.6 is 11.6 Å². The van der Waals surface area contributed by atoms with Gasteiger partial charge in [0.1, 0.15) is 0 Å². The van der Waals surface area contributed by atoms with Crippen LogP contribution in [0, 0.1) is 0 Å². The second-order valence-electron chi connectivity index (χ2n) is 5.16. The molecule has 1 aliphatic rings. The van der Waals surface area contributed by atoms with E-state index in [2.05, 4.69) is 15.0 Å². The molecule has 0 saturated carbocycles. The van der Waals surface area contributed by atoms with Gasteiger partial charge in [-0.2, -0.15) is 0 Å². The van der Waals surface area contributed by atoms with E-state index in [0.717, 1.165) is 31.9 Å². The third kappa shape index (κ3) is 4.11. The SMILES string of the molecule is COC(=O)NC(=O)[C@@H](C)N1CCN(c2cccc(Cl)c2)CC1. The number of hydrogen-bond donors (Lipinski definition) is 1. The van der Waals surface area contributed by atoms with Crippen LogP contribution in [-0.4, -0.2) is 56.2 Å². The van der Waals surface area contributed by atoms with Crippen LogP contribution in [0.3, 0.4) is 0 Å². The quantitative estimate of drug-likeness (QED) is 0.917. The summed E-state index contributed by atoms with van der Waals surface area (Å²) in [5.74, 6) is -0.344. The molecule has 22 heavy (non-hydrogen) atoms. The van der Waals surface area contributed by atoms with Crippen molar-refractivity contribution in [2.45, 2.75) is 13.0 Å². The number of benzene rings is 1. The fourth-order valence-electron chi connectivity index (χ4n) is 2.46. The fourth-order valence-corrected chi connectivity index (χ4v) is 2.65. The lowest BCUT2D eigenvalue weighted by molar-refractivity contribution is -0.125. The van der Waals surface area contributed by atoms with Gasteiger partial charge in [-0.3, -0.25) is 15.0 Å². The van der Waals surface area contributed by atoms with E-state index in [9.17, 15) is 9.59 Å². The first-order chi connectivity index (χ1) is 10.5. The van der Waals surface area contributed by atoms with Gasteiger partial charge in [0.2, 0.25) is 5.91 Å². The number of piperazine rings is 1. The Morgan fingerprint density at radius 2 is 1.95 bits per heavy atom. The highest BCUT2D eigenvalue weighted by Crippen LogP contribution is 2.21. The molecular formula is C15H20ClN3O3. The number of ether oxygens (including phenoxy) is 1. The van der Waals surface area contributed by atoms with E-state index in [1.807, 2.05) is 29.2 Å². The molecule has 120 valence electrons. The molecule has 1 heterocycles. The van der Waals surface area contributed by atoms with Gasteiger partial charge in [0.15, 0.2) is 0 Å². The standard InChI is InChI=1S/C15H20ClN3O3/c1-11(14(20)17-15(21)22-2)18-6-8-19(9-7-18)13-5-3-4-12(16)10-13/h3-5,10-11H,6-9H2,1-2H3,(H,17,20,21)/t11-/m1/s1. The highest BCUT2D eigenvalue weighted by Gasteiger charge is 2.26. The van der Waals surface area contributed by atoms with Crippen molar-refractivity contribution < 1.29 is 14.3 Å². The summed E-state index contributed by atoms with van der Waals surface area (Å²) in [5.41, 5.74) is 1.08. The minimum absolute atomic E-state index is 0.344. The smallest absolute Gasteiger partial charge is 0.413 e. The molecule has 0 radical (unpaired) electrons. The molecule has 2 amide bonds. The van der Waals surface area contributed by atoms with Crippen LogP contribution < -0.4 is 10.2 Å². The number of alkyl carbamates (subject to hydrolysis) is 1. The Bertz CT molecular complexity index is 545. The number of anilines is 1. The Kier molecular flexibility index (Phi) is 5.63. The second kappa shape index (κ2) is 7.47. The zero-order valence-corrected chi connectivity index (χ0v) is 13.5. The summed E-state index contributed by atoms with van der Waals surface area (Å²) in [5, 5.41) is 2.92. The third-order valence-electron chi connectivity index (χ3n) is 3.83. The van der Waals surface area contributed by atoms with E-state index >= 15 is 0 Å². The van der Waals surface area contributed by atoms with Crippen molar-refractivity contribution in [1.29, 1.82) is 0 Å². The van der Waals surface area contributed by atoms with E-state index in [1.165, 1.54) is 7.11 Å². The van der Waals surface area contributed by atoms with Crippen LogP contribution in [0.25, 0.3) is 0 Å². The second-order valence-corrected chi connectivity index (χ2v) is 5.60. The zero-order valence-electron chi connectivity index (χ0n) is 12.7. The maximum Gasteiger partial charge on any atom is 0.413 e. The zero-order chi connectivity index (χ0) is 16.1. The highest BCUT2D eigenvalue weighted by molar-refractivity contribution is 6.30. The van der Waals surface area contributed by atoms with Crippen molar-refractivity contribution in [1.82, 2.24) is 10.2 Å². The Balaban J connectivity index is 1.89. The summed E-state index contributed by atoms with van der Waals surface area (Å²) in [6.45, 7) is 4.87. The number of rotatable bonds is 3. The molecule has 2 rings (SSSR count). The first kappa shape index (κ1) is 16.6. The molecule has 7 heteroatoms. The molecule has 0 bridgehead atoms. The van der Waals surface area contributed by atoms with Crippen LogP contribution in [0.4, 0.5) is 10.5 Å². The lowest BCUT2D eigenvalue weighted by atomic mass is 10.2. The van der Waals surface area contributed by atoms with E-state index in [1.54, 1.807) is 6.92 Å². The molecule has 0 spiro atoms. The largest absolute Gasteiger partial charge is 0.453 e. The Morgan fingerprint density at radius 3 is 2.55 bits per heavy atom. The van der Waals surface area contributed by atoms with Crippen molar-refractivity contribution in [3.8, 4) is 0 Å². The van der Waals surface area contributed by atoms with Gasteiger partial charge in [0.25, 0.3) is 0 Å².